The minimum Gasteiger partial charge on any atom is -0.463 e. The van der Waals surface area contributed by atoms with Crippen LogP contribution in [0, 0.1) is 28.6 Å². The monoisotopic (exact) mass is 546 g/mol. The average molecular weight is 547 g/mol. The Morgan fingerprint density at radius 3 is 2.45 bits per heavy atom. The van der Waals surface area contributed by atoms with E-state index >= 15 is 0 Å². The van der Waals surface area contributed by atoms with Crippen LogP contribution in [0.1, 0.15) is 87.6 Å². The normalized spacial score (nSPS) is 42.9. The molecule has 1 aromatic carbocycles. The van der Waals surface area contributed by atoms with Crippen LogP contribution in [0.4, 0.5) is 0 Å². The Morgan fingerprint density at radius 1 is 0.925 bits per heavy atom. The van der Waals surface area contributed by atoms with E-state index in [0.29, 0.717) is 23.3 Å². The first-order valence-electron chi connectivity index (χ1n) is 14.9. The first kappa shape index (κ1) is 26.0. The van der Waals surface area contributed by atoms with Crippen LogP contribution in [0.25, 0.3) is 0 Å². The molecule has 1 aromatic heterocycles. The zero-order valence-electron chi connectivity index (χ0n) is 23.5. The van der Waals surface area contributed by atoms with Gasteiger partial charge in [-0.3, -0.25) is 4.79 Å². The van der Waals surface area contributed by atoms with Gasteiger partial charge in [0.05, 0.1) is 11.8 Å². The first-order valence-corrected chi connectivity index (χ1v) is 14.9. The van der Waals surface area contributed by atoms with Crippen molar-refractivity contribution < 1.29 is 28.2 Å². The molecule has 10 unspecified atom stereocenters. The fraction of sp³-hybridized carbons (Fsp3) is 0.606. The van der Waals surface area contributed by atoms with Crippen LogP contribution in [0.3, 0.4) is 0 Å². The van der Waals surface area contributed by atoms with Crippen molar-refractivity contribution in [3.63, 3.8) is 0 Å². The lowest BCUT2D eigenvalue weighted by molar-refractivity contribution is -0.164. The van der Waals surface area contributed by atoms with Crippen LogP contribution < -0.4 is 5.63 Å². The molecule has 7 rings (SSSR count). The molecule has 4 saturated carbocycles. The quantitative estimate of drug-likeness (QED) is 0.360. The summed E-state index contributed by atoms with van der Waals surface area (Å²) in [6.45, 7) is 6.27. The van der Waals surface area contributed by atoms with Crippen molar-refractivity contribution in [2.75, 3.05) is 0 Å². The lowest BCUT2D eigenvalue weighted by Crippen LogP contribution is -2.58. The molecular formula is C33H38O7. The highest BCUT2D eigenvalue weighted by molar-refractivity contribution is 5.89. The van der Waals surface area contributed by atoms with Gasteiger partial charge < -0.3 is 18.6 Å². The minimum atomic E-state index is -0.464. The molecule has 1 aliphatic heterocycles. The molecule has 7 nitrogen and oxygen atoms in total. The van der Waals surface area contributed by atoms with E-state index in [0.717, 1.165) is 50.5 Å². The topological polar surface area (TPSA) is 95.3 Å². The molecule has 0 bridgehead atoms. The number of ether oxygens (including phenoxy) is 3. The van der Waals surface area contributed by atoms with E-state index in [9.17, 15) is 14.4 Å². The largest absolute Gasteiger partial charge is 0.463 e. The third-order valence-electron chi connectivity index (χ3n) is 11.7. The van der Waals surface area contributed by atoms with Crippen LogP contribution >= 0.6 is 0 Å². The zero-order valence-corrected chi connectivity index (χ0v) is 23.5. The Labute approximate surface area is 234 Å². The number of hydrogen-bond donors (Lipinski definition) is 0. The summed E-state index contributed by atoms with van der Waals surface area (Å²) in [6, 6.07) is 12.4. The Bertz CT molecular complexity index is 1360. The van der Waals surface area contributed by atoms with E-state index in [4.69, 9.17) is 18.6 Å². The van der Waals surface area contributed by atoms with Crippen molar-refractivity contribution in [2.45, 2.75) is 95.5 Å². The predicted octanol–water partition coefficient (Wildman–Crippen LogP) is 5.66. The summed E-state index contributed by atoms with van der Waals surface area (Å²) in [5.41, 5.74) is 0.548. The summed E-state index contributed by atoms with van der Waals surface area (Å²) in [5.74, 6) is 0.721. The number of rotatable bonds is 4. The Morgan fingerprint density at radius 2 is 1.73 bits per heavy atom. The van der Waals surface area contributed by atoms with Crippen molar-refractivity contribution >= 4 is 11.9 Å². The summed E-state index contributed by atoms with van der Waals surface area (Å²) in [6.07, 6.45) is 8.00. The van der Waals surface area contributed by atoms with Gasteiger partial charge in [-0.15, -0.1) is 0 Å². The third-order valence-corrected chi connectivity index (χ3v) is 11.7. The maximum atomic E-state index is 13.3. The third kappa shape index (κ3) is 3.62. The van der Waals surface area contributed by atoms with Crippen molar-refractivity contribution in [3.05, 3.63) is 70.3 Å². The van der Waals surface area contributed by atoms with Gasteiger partial charge in [0.15, 0.2) is 0 Å². The standard InChI is InChI=1S/C33H38O7/c1-19(34)38-23-13-15-31(2)22(17-23)10-11-25-24(31)14-16-32(3)27(21-9-12-26(35)37-18-21)28(29-33(25,32)40-29)39-30(36)20-7-5-4-6-8-20/h4-9,12,18,22-25,27-29H,10-11,13-17H2,1-3H3. The molecule has 7 heteroatoms. The van der Waals surface area contributed by atoms with Crippen LogP contribution in [0.2, 0.25) is 0 Å². The molecule has 4 aliphatic carbocycles. The number of epoxide rings is 1. The van der Waals surface area contributed by atoms with Crippen LogP contribution in [0.15, 0.2) is 57.9 Å². The SMILES string of the molecule is CC(=O)OC1CCC2(C)C(CCC3C2CCC2(C)C(c4ccc(=O)oc4)C(OC(=O)c4ccccc4)C4OC342)C1. The van der Waals surface area contributed by atoms with Gasteiger partial charge in [0.1, 0.15) is 23.9 Å². The van der Waals surface area contributed by atoms with Gasteiger partial charge in [-0.25, -0.2) is 9.59 Å². The van der Waals surface area contributed by atoms with E-state index in [1.54, 1.807) is 18.4 Å². The number of esters is 2. The van der Waals surface area contributed by atoms with E-state index in [1.807, 2.05) is 24.3 Å². The molecular weight excluding hydrogens is 508 g/mol. The number of carbonyl (C=O) groups excluding carboxylic acids is 2. The second kappa shape index (κ2) is 9.04. The van der Waals surface area contributed by atoms with Crippen molar-refractivity contribution in [1.29, 1.82) is 0 Å². The first-order chi connectivity index (χ1) is 19.2. The van der Waals surface area contributed by atoms with Gasteiger partial charge in [-0.2, -0.15) is 0 Å². The van der Waals surface area contributed by atoms with Crippen molar-refractivity contribution in [1.82, 2.24) is 0 Å². The molecule has 40 heavy (non-hydrogen) atoms. The van der Waals surface area contributed by atoms with E-state index in [2.05, 4.69) is 13.8 Å². The smallest absolute Gasteiger partial charge is 0.338 e. The number of hydrogen-bond acceptors (Lipinski definition) is 7. The molecule has 1 spiro atoms. The van der Waals surface area contributed by atoms with Crippen LogP contribution in [0.5, 0.6) is 0 Å². The molecule has 0 radical (unpaired) electrons. The Hall–Kier alpha value is -2.93. The summed E-state index contributed by atoms with van der Waals surface area (Å²) >= 11 is 0. The van der Waals surface area contributed by atoms with Crippen LogP contribution in [-0.2, 0) is 19.0 Å². The van der Waals surface area contributed by atoms with Crippen molar-refractivity contribution in [2.24, 2.45) is 28.6 Å². The maximum absolute atomic E-state index is 13.3. The average Bonchev–Trinajstić information content (AvgIpc) is 3.64. The number of carbonyl (C=O) groups is 2. The van der Waals surface area contributed by atoms with E-state index in [1.165, 1.54) is 13.0 Å². The Balaban J connectivity index is 1.23. The van der Waals surface area contributed by atoms with Crippen molar-refractivity contribution in [3.8, 4) is 0 Å². The van der Waals surface area contributed by atoms with Gasteiger partial charge in [0, 0.05) is 24.3 Å². The summed E-state index contributed by atoms with van der Waals surface area (Å²) < 4.78 is 24.1. The molecule has 0 amide bonds. The summed E-state index contributed by atoms with van der Waals surface area (Å²) in [5, 5.41) is 0. The minimum absolute atomic E-state index is 0.0226. The lowest BCUT2D eigenvalue weighted by atomic mass is 9.44. The highest BCUT2D eigenvalue weighted by Crippen LogP contribution is 2.78. The lowest BCUT2D eigenvalue weighted by Gasteiger charge is -2.61. The predicted molar refractivity (Wildman–Crippen MR) is 146 cm³/mol. The van der Waals surface area contributed by atoms with Gasteiger partial charge in [0.2, 0.25) is 0 Å². The van der Waals surface area contributed by atoms with Gasteiger partial charge in [-0.1, -0.05) is 32.0 Å². The fourth-order valence-corrected chi connectivity index (χ4v) is 10.00. The van der Waals surface area contributed by atoms with Gasteiger partial charge in [0.25, 0.3) is 0 Å². The Kier molecular flexibility index (Phi) is 5.87. The highest BCUT2D eigenvalue weighted by Gasteiger charge is 2.84. The molecule has 10 atom stereocenters. The summed E-state index contributed by atoms with van der Waals surface area (Å²) in [7, 11) is 0. The fourth-order valence-electron chi connectivity index (χ4n) is 10.00. The zero-order chi connectivity index (χ0) is 27.9. The van der Waals surface area contributed by atoms with Gasteiger partial charge in [-0.05, 0) is 91.9 Å². The van der Waals surface area contributed by atoms with Crippen LogP contribution in [-0.4, -0.2) is 35.9 Å². The molecule has 2 heterocycles. The molecule has 5 aliphatic rings. The molecule has 5 fully saturated rings. The molecule has 0 N–H and O–H groups in total. The second-order valence-electron chi connectivity index (χ2n) is 13.4. The molecule has 1 saturated heterocycles. The van der Waals surface area contributed by atoms with Gasteiger partial charge >= 0.3 is 17.6 Å². The van der Waals surface area contributed by atoms with E-state index < -0.39 is 6.10 Å². The molecule has 212 valence electrons. The number of benzene rings is 1. The highest BCUT2D eigenvalue weighted by atomic mass is 16.7. The molecule has 2 aromatic rings. The number of fused-ring (bicyclic) bond motifs is 3. The second-order valence-corrected chi connectivity index (χ2v) is 13.4. The maximum Gasteiger partial charge on any atom is 0.338 e. The summed E-state index contributed by atoms with van der Waals surface area (Å²) in [4.78, 5) is 36.8. The van der Waals surface area contributed by atoms with E-state index in [-0.39, 0.29) is 52.1 Å².